The van der Waals surface area contributed by atoms with Crippen LogP contribution in [-0.4, -0.2) is 22.5 Å². The third-order valence-corrected chi connectivity index (χ3v) is 3.39. The van der Waals surface area contributed by atoms with E-state index < -0.39 is 0 Å². The van der Waals surface area contributed by atoms with Gasteiger partial charge < -0.3 is 4.74 Å². The predicted molar refractivity (Wildman–Crippen MR) is 74.0 cm³/mol. The summed E-state index contributed by atoms with van der Waals surface area (Å²) in [6.45, 7) is 2.15. The van der Waals surface area contributed by atoms with E-state index in [2.05, 4.69) is 9.97 Å². The van der Waals surface area contributed by atoms with Crippen molar-refractivity contribution in [3.63, 3.8) is 0 Å². The molecule has 2 rings (SSSR count). The van der Waals surface area contributed by atoms with Crippen LogP contribution in [0, 0.1) is 0 Å². The molecule has 0 amide bonds. The largest absolute Gasteiger partial charge is 0.462 e. The van der Waals surface area contributed by atoms with Crippen LogP contribution in [0.5, 0.6) is 0 Å². The molecule has 0 N–H and O–H groups in total. The molecule has 0 saturated carbocycles. The second-order valence-corrected chi connectivity index (χ2v) is 4.65. The second kappa shape index (κ2) is 6.89. The van der Waals surface area contributed by atoms with Crippen LogP contribution in [-0.2, 0) is 10.5 Å². The molecule has 2 aromatic rings. The zero-order valence-corrected chi connectivity index (χ0v) is 11.4. The third-order valence-electron chi connectivity index (χ3n) is 2.35. The van der Waals surface area contributed by atoms with Crippen molar-refractivity contribution in [3.05, 3.63) is 54.0 Å². The number of pyridine rings is 2. The number of carbonyl (C=O) groups is 1. The number of esters is 1. The van der Waals surface area contributed by atoms with Crippen molar-refractivity contribution < 1.29 is 9.53 Å². The smallest absolute Gasteiger partial charge is 0.340 e. The Labute approximate surface area is 116 Å². The van der Waals surface area contributed by atoms with E-state index in [1.165, 1.54) is 11.8 Å². The van der Waals surface area contributed by atoms with E-state index in [-0.39, 0.29) is 5.97 Å². The Kier molecular flexibility index (Phi) is 4.92. The normalized spacial score (nSPS) is 10.2. The van der Waals surface area contributed by atoms with Gasteiger partial charge in [0.1, 0.15) is 5.03 Å². The number of aromatic nitrogens is 2. The monoisotopic (exact) mass is 274 g/mol. The van der Waals surface area contributed by atoms with E-state index in [4.69, 9.17) is 4.74 Å². The van der Waals surface area contributed by atoms with Gasteiger partial charge in [-0.3, -0.25) is 4.98 Å². The molecule has 4 nitrogen and oxygen atoms in total. The molecule has 0 bridgehead atoms. The van der Waals surface area contributed by atoms with Crippen molar-refractivity contribution in [2.24, 2.45) is 0 Å². The molecule has 0 aliphatic carbocycles. The zero-order valence-electron chi connectivity index (χ0n) is 10.6. The minimum Gasteiger partial charge on any atom is -0.462 e. The van der Waals surface area contributed by atoms with Crippen molar-refractivity contribution in [2.45, 2.75) is 17.7 Å². The highest BCUT2D eigenvalue weighted by molar-refractivity contribution is 7.98. The summed E-state index contributed by atoms with van der Waals surface area (Å²) in [5, 5.41) is 0.673. The Balaban J connectivity index is 2.10. The fraction of sp³-hybridized carbons (Fsp3) is 0.214. The van der Waals surface area contributed by atoms with Crippen LogP contribution in [0.4, 0.5) is 0 Å². The highest BCUT2D eigenvalue weighted by Gasteiger charge is 2.13. The fourth-order valence-corrected chi connectivity index (χ4v) is 2.39. The van der Waals surface area contributed by atoms with E-state index in [0.29, 0.717) is 22.9 Å². The van der Waals surface area contributed by atoms with E-state index >= 15 is 0 Å². The molecule has 0 fully saturated rings. The van der Waals surface area contributed by atoms with Crippen molar-refractivity contribution >= 4 is 17.7 Å². The number of ether oxygens (including phenoxy) is 1. The Morgan fingerprint density at radius 2 is 2.05 bits per heavy atom. The van der Waals surface area contributed by atoms with E-state index in [9.17, 15) is 4.79 Å². The molecule has 0 atom stereocenters. The summed E-state index contributed by atoms with van der Waals surface area (Å²) < 4.78 is 5.01. The molecule has 5 heteroatoms. The van der Waals surface area contributed by atoms with Crippen LogP contribution < -0.4 is 0 Å². The Morgan fingerprint density at radius 3 is 2.79 bits per heavy atom. The molecule has 0 aliphatic rings. The van der Waals surface area contributed by atoms with Gasteiger partial charge in [-0.15, -0.1) is 0 Å². The molecular weight excluding hydrogens is 260 g/mol. The maximum absolute atomic E-state index is 11.8. The predicted octanol–water partition coefficient (Wildman–Crippen LogP) is 2.95. The molecule has 0 radical (unpaired) electrons. The lowest BCUT2D eigenvalue weighted by Gasteiger charge is -2.06. The van der Waals surface area contributed by atoms with E-state index in [0.717, 1.165) is 5.69 Å². The highest BCUT2D eigenvalue weighted by atomic mass is 32.2. The molecule has 0 unspecified atom stereocenters. The first-order valence-electron chi connectivity index (χ1n) is 5.96. The van der Waals surface area contributed by atoms with Crippen molar-refractivity contribution in [2.75, 3.05) is 6.61 Å². The summed E-state index contributed by atoms with van der Waals surface area (Å²) in [6.07, 6.45) is 3.42. The van der Waals surface area contributed by atoms with Gasteiger partial charge in [-0.2, -0.15) is 0 Å². The maximum Gasteiger partial charge on any atom is 0.340 e. The van der Waals surface area contributed by atoms with E-state index in [1.807, 2.05) is 18.2 Å². The summed E-state index contributed by atoms with van der Waals surface area (Å²) in [6, 6.07) is 9.22. The lowest BCUT2D eigenvalue weighted by molar-refractivity contribution is 0.0521. The van der Waals surface area contributed by atoms with Crippen molar-refractivity contribution in [3.8, 4) is 0 Å². The third kappa shape index (κ3) is 3.79. The molecule has 2 aromatic heterocycles. The Hall–Kier alpha value is -1.88. The lowest BCUT2D eigenvalue weighted by Crippen LogP contribution is -2.07. The first-order valence-corrected chi connectivity index (χ1v) is 6.94. The molecule has 0 saturated heterocycles. The maximum atomic E-state index is 11.8. The SMILES string of the molecule is CCOC(=O)c1cccnc1SCc1ccccn1. The van der Waals surface area contributed by atoms with Crippen LogP contribution in [0.25, 0.3) is 0 Å². The van der Waals surface area contributed by atoms with Gasteiger partial charge in [0, 0.05) is 18.1 Å². The zero-order chi connectivity index (χ0) is 13.5. The van der Waals surface area contributed by atoms with Gasteiger partial charge in [0.25, 0.3) is 0 Å². The first-order chi connectivity index (χ1) is 9.31. The van der Waals surface area contributed by atoms with Gasteiger partial charge >= 0.3 is 5.97 Å². The van der Waals surface area contributed by atoms with Crippen LogP contribution in [0.2, 0.25) is 0 Å². The summed E-state index contributed by atoms with van der Waals surface area (Å²) in [7, 11) is 0. The summed E-state index contributed by atoms with van der Waals surface area (Å²) in [5.41, 5.74) is 1.46. The number of hydrogen-bond donors (Lipinski definition) is 0. The number of rotatable bonds is 5. The standard InChI is InChI=1S/C14H14N2O2S/c1-2-18-14(17)12-7-5-9-16-13(12)19-10-11-6-3-4-8-15-11/h3-9H,2,10H2,1H3. The number of carbonyl (C=O) groups excluding carboxylic acids is 1. The molecule has 2 heterocycles. The molecule has 0 aromatic carbocycles. The Morgan fingerprint density at radius 1 is 1.21 bits per heavy atom. The summed E-state index contributed by atoms with van der Waals surface area (Å²) in [4.78, 5) is 20.3. The first kappa shape index (κ1) is 13.5. The van der Waals surface area contributed by atoms with Crippen molar-refractivity contribution in [1.82, 2.24) is 9.97 Å². The molecule has 98 valence electrons. The number of nitrogens with zero attached hydrogens (tertiary/aromatic N) is 2. The van der Waals surface area contributed by atoms with Crippen molar-refractivity contribution in [1.29, 1.82) is 0 Å². The van der Waals surface area contributed by atoms with Gasteiger partial charge in [0.15, 0.2) is 0 Å². The van der Waals surface area contributed by atoms with Gasteiger partial charge in [-0.05, 0) is 31.2 Å². The van der Waals surface area contributed by atoms with Gasteiger partial charge in [0.2, 0.25) is 0 Å². The molecular formula is C14H14N2O2S. The minimum absolute atomic E-state index is 0.334. The molecule has 0 aliphatic heterocycles. The average molecular weight is 274 g/mol. The summed E-state index contributed by atoms with van der Waals surface area (Å²) >= 11 is 1.48. The molecule has 19 heavy (non-hydrogen) atoms. The molecule has 0 spiro atoms. The Bertz CT molecular complexity index is 546. The van der Waals surface area contributed by atoms with Crippen LogP contribution in [0.15, 0.2) is 47.8 Å². The fourth-order valence-electron chi connectivity index (χ4n) is 1.50. The van der Waals surface area contributed by atoms with E-state index in [1.54, 1.807) is 31.5 Å². The number of hydrogen-bond acceptors (Lipinski definition) is 5. The highest BCUT2D eigenvalue weighted by Crippen LogP contribution is 2.23. The van der Waals surface area contributed by atoms with Gasteiger partial charge in [-0.25, -0.2) is 9.78 Å². The van der Waals surface area contributed by atoms with Crippen LogP contribution in [0.3, 0.4) is 0 Å². The summed E-state index contributed by atoms with van der Waals surface area (Å²) in [5.74, 6) is 0.337. The van der Waals surface area contributed by atoms with Crippen LogP contribution >= 0.6 is 11.8 Å². The van der Waals surface area contributed by atoms with Crippen LogP contribution in [0.1, 0.15) is 23.0 Å². The van der Waals surface area contributed by atoms with Gasteiger partial charge in [0.05, 0.1) is 17.9 Å². The quantitative estimate of drug-likeness (QED) is 0.620. The minimum atomic E-state index is -0.334. The number of thioether (sulfide) groups is 1. The average Bonchev–Trinajstić information content (AvgIpc) is 2.47. The van der Waals surface area contributed by atoms with Gasteiger partial charge in [-0.1, -0.05) is 17.8 Å². The topological polar surface area (TPSA) is 52.1 Å². The second-order valence-electron chi connectivity index (χ2n) is 3.69. The lowest BCUT2D eigenvalue weighted by atomic mass is 10.3.